The number of halogens is 1. The summed E-state index contributed by atoms with van der Waals surface area (Å²) in [6.07, 6.45) is 2.18. The number of guanidine groups is 1. The van der Waals surface area contributed by atoms with Crippen LogP contribution in [0.4, 0.5) is 0 Å². The van der Waals surface area contributed by atoms with E-state index in [2.05, 4.69) is 22.5 Å². The van der Waals surface area contributed by atoms with Crippen LogP contribution in [0.1, 0.15) is 35.7 Å². The Morgan fingerprint density at radius 2 is 2.00 bits per heavy atom. The van der Waals surface area contributed by atoms with Crippen molar-refractivity contribution in [2.75, 3.05) is 33.7 Å². The molecule has 7 heteroatoms. The average Bonchev–Trinajstić information content (AvgIpc) is 2.53. The van der Waals surface area contributed by atoms with Crippen LogP contribution in [0, 0.1) is 0 Å². The molecule has 0 aliphatic rings. The number of unbranched alkanes of at least 4 members (excludes halogenated alkanes) is 1. The minimum Gasteiger partial charge on any atom is -0.370 e. The van der Waals surface area contributed by atoms with E-state index in [-0.39, 0.29) is 29.9 Å². The number of aliphatic imine (C=N–C) groups is 1. The van der Waals surface area contributed by atoms with Gasteiger partial charge in [0, 0.05) is 25.2 Å². The normalized spacial score (nSPS) is 11.1. The summed E-state index contributed by atoms with van der Waals surface area (Å²) < 4.78 is 0. The van der Waals surface area contributed by atoms with Crippen molar-refractivity contribution in [2.45, 2.75) is 26.3 Å². The number of amides is 1. The van der Waals surface area contributed by atoms with E-state index in [1.807, 2.05) is 37.2 Å². The van der Waals surface area contributed by atoms with Crippen molar-refractivity contribution in [1.29, 1.82) is 0 Å². The number of rotatable bonds is 9. The van der Waals surface area contributed by atoms with E-state index >= 15 is 0 Å². The Hall–Kier alpha value is -1.35. The molecule has 1 aromatic carbocycles. The van der Waals surface area contributed by atoms with Crippen molar-refractivity contribution in [3.8, 4) is 0 Å². The monoisotopic (exact) mass is 447 g/mol. The molecule has 0 aromatic heterocycles. The molecule has 0 saturated carbocycles. The van der Waals surface area contributed by atoms with E-state index in [1.165, 1.54) is 0 Å². The zero-order valence-corrected chi connectivity index (χ0v) is 17.2. The van der Waals surface area contributed by atoms with Crippen LogP contribution in [0.5, 0.6) is 0 Å². The second-order valence-corrected chi connectivity index (χ2v) is 5.74. The molecule has 4 N–H and O–H groups in total. The highest BCUT2D eigenvalue weighted by molar-refractivity contribution is 14.0. The lowest BCUT2D eigenvalue weighted by atomic mass is 10.1. The van der Waals surface area contributed by atoms with E-state index in [0.29, 0.717) is 24.6 Å². The molecule has 0 heterocycles. The molecule has 0 spiro atoms. The van der Waals surface area contributed by atoms with Gasteiger partial charge in [0.1, 0.15) is 0 Å². The second-order valence-electron chi connectivity index (χ2n) is 5.74. The number of hydrogen-bond donors (Lipinski definition) is 3. The van der Waals surface area contributed by atoms with Crippen molar-refractivity contribution in [3.63, 3.8) is 0 Å². The van der Waals surface area contributed by atoms with Gasteiger partial charge in [0.25, 0.3) is 5.91 Å². The zero-order valence-electron chi connectivity index (χ0n) is 14.8. The maximum absolute atomic E-state index is 12.1. The van der Waals surface area contributed by atoms with Gasteiger partial charge in [-0.05, 0) is 38.2 Å². The Kier molecular flexibility index (Phi) is 12.3. The Balaban J connectivity index is 0.00000529. The number of likely N-dealkylation sites (N-methyl/N-ethyl adjacent to an activating group) is 1. The van der Waals surface area contributed by atoms with Gasteiger partial charge in [-0.3, -0.25) is 4.79 Å². The number of nitrogens with one attached hydrogen (secondary N) is 2. The summed E-state index contributed by atoms with van der Waals surface area (Å²) in [5.41, 5.74) is 7.42. The highest BCUT2D eigenvalue weighted by Crippen LogP contribution is 2.06. The largest absolute Gasteiger partial charge is 0.370 e. The molecule has 0 bridgehead atoms. The lowest BCUT2D eigenvalue weighted by molar-refractivity contribution is 0.0951. The molecule has 0 saturated heterocycles. The number of nitrogens with zero attached hydrogens (tertiary/aromatic N) is 2. The Morgan fingerprint density at radius 3 is 2.67 bits per heavy atom. The molecular weight excluding hydrogens is 417 g/mol. The summed E-state index contributed by atoms with van der Waals surface area (Å²) in [6.45, 7) is 4.87. The summed E-state index contributed by atoms with van der Waals surface area (Å²) in [6, 6.07) is 7.47. The van der Waals surface area contributed by atoms with Crippen molar-refractivity contribution in [2.24, 2.45) is 10.7 Å². The summed E-state index contributed by atoms with van der Waals surface area (Å²) >= 11 is 0. The molecule has 0 aliphatic carbocycles. The smallest absolute Gasteiger partial charge is 0.251 e. The number of nitrogens with two attached hydrogens (primary N) is 1. The van der Waals surface area contributed by atoms with Gasteiger partial charge in [0.05, 0.1) is 6.54 Å². The third-order valence-corrected chi connectivity index (χ3v) is 3.30. The number of carbonyl (C=O) groups excluding carboxylic acids is 1. The van der Waals surface area contributed by atoms with Crippen LogP contribution in [0.2, 0.25) is 0 Å². The van der Waals surface area contributed by atoms with E-state index in [1.54, 1.807) is 6.07 Å². The molecule has 1 aromatic rings. The fourth-order valence-electron chi connectivity index (χ4n) is 1.93. The van der Waals surface area contributed by atoms with Crippen LogP contribution >= 0.6 is 24.0 Å². The molecular formula is C17H30IN5O. The van der Waals surface area contributed by atoms with Crippen LogP contribution in [0.15, 0.2) is 29.3 Å². The van der Waals surface area contributed by atoms with E-state index < -0.39 is 0 Å². The van der Waals surface area contributed by atoms with Gasteiger partial charge in [-0.1, -0.05) is 25.5 Å². The van der Waals surface area contributed by atoms with Gasteiger partial charge < -0.3 is 21.3 Å². The highest BCUT2D eigenvalue weighted by atomic mass is 127. The summed E-state index contributed by atoms with van der Waals surface area (Å²) in [5.74, 6) is 0.381. The van der Waals surface area contributed by atoms with Crippen molar-refractivity contribution in [1.82, 2.24) is 15.5 Å². The van der Waals surface area contributed by atoms with Gasteiger partial charge >= 0.3 is 0 Å². The predicted molar refractivity (Wildman–Crippen MR) is 111 cm³/mol. The van der Waals surface area contributed by atoms with Crippen LogP contribution in [0.3, 0.4) is 0 Å². The topological polar surface area (TPSA) is 82.7 Å². The fourth-order valence-corrected chi connectivity index (χ4v) is 1.93. The molecule has 0 fully saturated rings. The molecule has 0 radical (unpaired) electrons. The van der Waals surface area contributed by atoms with Crippen molar-refractivity contribution >= 4 is 35.8 Å². The zero-order chi connectivity index (χ0) is 17.1. The van der Waals surface area contributed by atoms with Gasteiger partial charge in [-0.2, -0.15) is 0 Å². The van der Waals surface area contributed by atoms with E-state index in [9.17, 15) is 4.79 Å². The number of carbonyl (C=O) groups is 1. The van der Waals surface area contributed by atoms with Gasteiger partial charge in [0.2, 0.25) is 0 Å². The maximum Gasteiger partial charge on any atom is 0.251 e. The molecule has 0 atom stereocenters. The molecule has 136 valence electrons. The van der Waals surface area contributed by atoms with E-state index in [0.717, 1.165) is 31.5 Å². The Labute approximate surface area is 162 Å². The summed E-state index contributed by atoms with van der Waals surface area (Å²) in [4.78, 5) is 18.4. The summed E-state index contributed by atoms with van der Waals surface area (Å²) in [7, 11) is 3.95. The fraction of sp³-hybridized carbons (Fsp3) is 0.529. The SMILES string of the molecule is CCCCNC(N)=NCc1cccc(C(=O)NCCN(C)C)c1.I. The lowest BCUT2D eigenvalue weighted by Gasteiger charge is -2.10. The first kappa shape index (κ1) is 22.6. The standard InChI is InChI=1S/C17H29N5O.HI/c1-4-5-9-20-17(18)21-13-14-7-6-8-15(12-14)16(23)19-10-11-22(2)3;/h6-8,12H,4-5,9-11,13H2,1-3H3,(H,19,23)(H3,18,20,21);1H. The second kappa shape index (κ2) is 13.0. The van der Waals surface area contributed by atoms with Crippen LogP contribution in [-0.2, 0) is 6.54 Å². The first-order valence-electron chi connectivity index (χ1n) is 8.08. The summed E-state index contributed by atoms with van der Waals surface area (Å²) in [5, 5.41) is 5.98. The van der Waals surface area contributed by atoms with Crippen molar-refractivity contribution in [3.05, 3.63) is 35.4 Å². The predicted octanol–water partition coefficient (Wildman–Crippen LogP) is 1.80. The molecule has 1 amide bonds. The average molecular weight is 447 g/mol. The van der Waals surface area contributed by atoms with Crippen LogP contribution in [0.25, 0.3) is 0 Å². The molecule has 0 unspecified atom stereocenters. The van der Waals surface area contributed by atoms with Crippen molar-refractivity contribution < 1.29 is 4.79 Å². The highest BCUT2D eigenvalue weighted by Gasteiger charge is 2.05. The molecule has 0 aliphatic heterocycles. The Morgan fingerprint density at radius 1 is 1.25 bits per heavy atom. The third-order valence-electron chi connectivity index (χ3n) is 3.30. The van der Waals surface area contributed by atoms with E-state index in [4.69, 9.17) is 5.73 Å². The van der Waals surface area contributed by atoms with Crippen LogP contribution in [-0.4, -0.2) is 50.5 Å². The van der Waals surface area contributed by atoms with Crippen LogP contribution < -0.4 is 16.4 Å². The van der Waals surface area contributed by atoms with Gasteiger partial charge in [-0.25, -0.2) is 4.99 Å². The first-order valence-corrected chi connectivity index (χ1v) is 8.08. The van der Waals surface area contributed by atoms with Gasteiger partial charge in [-0.15, -0.1) is 24.0 Å². The first-order chi connectivity index (χ1) is 11.0. The third kappa shape index (κ3) is 9.71. The molecule has 1 rings (SSSR count). The molecule has 24 heavy (non-hydrogen) atoms. The minimum absolute atomic E-state index is 0. The molecule has 6 nitrogen and oxygen atoms in total. The minimum atomic E-state index is -0.0632. The Bertz CT molecular complexity index is 519. The number of hydrogen-bond acceptors (Lipinski definition) is 3. The quantitative estimate of drug-likeness (QED) is 0.233. The lowest BCUT2D eigenvalue weighted by Crippen LogP contribution is -2.32. The number of benzene rings is 1. The van der Waals surface area contributed by atoms with Gasteiger partial charge in [0.15, 0.2) is 5.96 Å². The maximum atomic E-state index is 12.1.